The molecule has 2 rings (SSSR count). The second kappa shape index (κ2) is 4.97. The van der Waals surface area contributed by atoms with Gasteiger partial charge in [-0.15, -0.1) is 0 Å². The molecule has 1 aliphatic rings. The fraction of sp³-hybridized carbons (Fsp3) is 0.846. The Kier molecular flexibility index (Phi) is 3.73. The number of nitrogens with one attached hydrogen (secondary N) is 1. The van der Waals surface area contributed by atoms with E-state index in [-0.39, 0.29) is 5.54 Å². The second-order valence-corrected chi connectivity index (χ2v) is 6.21. The molecule has 0 aromatic carbocycles. The third-order valence-electron chi connectivity index (χ3n) is 3.54. The molecule has 1 aromatic rings. The second-order valence-electron chi connectivity index (χ2n) is 6.21. The van der Waals surface area contributed by atoms with Crippen LogP contribution in [0.4, 0.5) is 0 Å². The molecule has 102 valence electrons. The van der Waals surface area contributed by atoms with E-state index in [4.69, 9.17) is 4.52 Å². The highest BCUT2D eigenvalue weighted by molar-refractivity contribution is 4.96. The number of rotatable bonds is 3. The summed E-state index contributed by atoms with van der Waals surface area (Å²) in [4.78, 5) is 6.77. The van der Waals surface area contributed by atoms with Crippen molar-refractivity contribution >= 4 is 0 Å². The number of piperazine rings is 1. The minimum Gasteiger partial charge on any atom is -0.340 e. The normalized spacial score (nSPS) is 24.7. The lowest BCUT2D eigenvalue weighted by Crippen LogP contribution is -2.62. The van der Waals surface area contributed by atoms with Crippen LogP contribution in [-0.2, 0) is 6.54 Å². The molecular weight excluding hydrogens is 228 g/mol. The van der Waals surface area contributed by atoms with Gasteiger partial charge in [0.25, 0.3) is 0 Å². The van der Waals surface area contributed by atoms with E-state index < -0.39 is 0 Å². The largest absolute Gasteiger partial charge is 0.340 e. The van der Waals surface area contributed by atoms with Crippen molar-refractivity contribution in [3.63, 3.8) is 0 Å². The predicted octanol–water partition coefficient (Wildman–Crippen LogP) is 1.59. The maximum absolute atomic E-state index is 5.05. The van der Waals surface area contributed by atoms with Gasteiger partial charge in [-0.05, 0) is 19.8 Å². The molecule has 1 unspecified atom stereocenters. The van der Waals surface area contributed by atoms with E-state index in [1.807, 2.05) is 6.92 Å². The van der Waals surface area contributed by atoms with E-state index in [2.05, 4.69) is 48.1 Å². The van der Waals surface area contributed by atoms with Crippen LogP contribution < -0.4 is 5.32 Å². The number of aryl methyl sites for hydroxylation is 1. The third-order valence-corrected chi connectivity index (χ3v) is 3.54. The van der Waals surface area contributed by atoms with Crippen LogP contribution in [0.25, 0.3) is 0 Å². The fourth-order valence-corrected chi connectivity index (χ4v) is 2.61. The summed E-state index contributed by atoms with van der Waals surface area (Å²) in [5.41, 5.74) is 0.143. The third kappa shape index (κ3) is 3.09. The highest BCUT2D eigenvalue weighted by Gasteiger charge is 2.34. The maximum atomic E-state index is 5.05. The van der Waals surface area contributed by atoms with Crippen LogP contribution in [0.2, 0.25) is 0 Å². The van der Waals surface area contributed by atoms with Gasteiger partial charge in [-0.25, -0.2) is 0 Å². The lowest BCUT2D eigenvalue weighted by Gasteiger charge is -2.45. The summed E-state index contributed by atoms with van der Waals surface area (Å²) >= 11 is 0. The molecule has 1 saturated heterocycles. The summed E-state index contributed by atoms with van der Waals surface area (Å²) in [5.74, 6) is 2.04. The molecule has 1 atom stereocenters. The first kappa shape index (κ1) is 13.5. The van der Waals surface area contributed by atoms with Crippen LogP contribution in [0.15, 0.2) is 4.52 Å². The molecule has 2 heterocycles. The van der Waals surface area contributed by atoms with E-state index in [1.54, 1.807) is 0 Å². The van der Waals surface area contributed by atoms with Gasteiger partial charge in [-0.2, -0.15) is 4.98 Å². The van der Waals surface area contributed by atoms with Crippen molar-refractivity contribution in [2.45, 2.75) is 52.7 Å². The van der Waals surface area contributed by atoms with Crippen molar-refractivity contribution in [1.82, 2.24) is 20.4 Å². The summed E-state index contributed by atoms with van der Waals surface area (Å²) in [6, 6.07) is 0.525. The van der Waals surface area contributed by atoms with Crippen molar-refractivity contribution in [3.05, 3.63) is 11.7 Å². The molecule has 0 bridgehead atoms. The number of hydrogen-bond acceptors (Lipinski definition) is 5. The molecule has 0 saturated carbocycles. The van der Waals surface area contributed by atoms with Crippen molar-refractivity contribution in [2.75, 3.05) is 13.1 Å². The molecule has 1 fully saturated rings. The van der Waals surface area contributed by atoms with Crippen LogP contribution in [0.3, 0.4) is 0 Å². The van der Waals surface area contributed by atoms with E-state index >= 15 is 0 Å². The first-order chi connectivity index (χ1) is 8.37. The maximum Gasteiger partial charge on any atom is 0.223 e. The molecule has 1 N–H and O–H groups in total. The molecule has 0 radical (unpaired) electrons. The van der Waals surface area contributed by atoms with E-state index in [0.29, 0.717) is 17.9 Å². The highest BCUT2D eigenvalue weighted by Crippen LogP contribution is 2.21. The van der Waals surface area contributed by atoms with E-state index in [1.165, 1.54) is 0 Å². The molecule has 1 aromatic heterocycles. The Morgan fingerprint density at radius 3 is 2.78 bits per heavy atom. The smallest absolute Gasteiger partial charge is 0.223 e. The molecule has 1 aliphatic heterocycles. The monoisotopic (exact) mass is 252 g/mol. The summed E-state index contributed by atoms with van der Waals surface area (Å²) < 4.78 is 5.05. The van der Waals surface area contributed by atoms with Crippen molar-refractivity contribution < 1.29 is 4.52 Å². The SMILES string of the molecule is Cc1nc(CN2CC(C)(C)NCC2C(C)C)no1. The number of hydrogen-bond donors (Lipinski definition) is 1. The van der Waals surface area contributed by atoms with Gasteiger partial charge in [0.2, 0.25) is 5.89 Å². The lowest BCUT2D eigenvalue weighted by molar-refractivity contribution is 0.0599. The molecule has 18 heavy (non-hydrogen) atoms. The average Bonchev–Trinajstić information content (AvgIpc) is 2.62. The quantitative estimate of drug-likeness (QED) is 0.885. The highest BCUT2D eigenvalue weighted by atomic mass is 16.5. The van der Waals surface area contributed by atoms with Gasteiger partial charge in [0, 0.05) is 31.6 Å². The molecule has 0 aliphatic carbocycles. The van der Waals surface area contributed by atoms with E-state index in [0.717, 1.165) is 25.5 Å². The summed E-state index contributed by atoms with van der Waals surface area (Å²) in [5, 5.41) is 7.61. The molecule has 5 nitrogen and oxygen atoms in total. The van der Waals surface area contributed by atoms with Gasteiger partial charge in [0.1, 0.15) is 0 Å². The average molecular weight is 252 g/mol. The molecule has 5 heteroatoms. The zero-order chi connectivity index (χ0) is 13.3. The molecule has 0 amide bonds. The predicted molar refractivity (Wildman–Crippen MR) is 70.2 cm³/mol. The Bertz CT molecular complexity index is 399. The summed E-state index contributed by atoms with van der Waals surface area (Å²) in [6.07, 6.45) is 0. The van der Waals surface area contributed by atoms with Gasteiger partial charge >= 0.3 is 0 Å². The Balaban J connectivity index is 2.10. The van der Waals surface area contributed by atoms with Crippen molar-refractivity contribution in [1.29, 1.82) is 0 Å². The first-order valence-electron chi connectivity index (χ1n) is 6.66. The van der Waals surface area contributed by atoms with Crippen molar-refractivity contribution in [2.24, 2.45) is 5.92 Å². The zero-order valence-electron chi connectivity index (χ0n) is 12.0. The van der Waals surface area contributed by atoms with Crippen LogP contribution in [0, 0.1) is 12.8 Å². The lowest BCUT2D eigenvalue weighted by atomic mass is 9.93. The Morgan fingerprint density at radius 2 is 2.22 bits per heavy atom. The minimum absolute atomic E-state index is 0.143. The number of nitrogens with zero attached hydrogens (tertiary/aromatic N) is 3. The van der Waals surface area contributed by atoms with Gasteiger partial charge in [0.15, 0.2) is 5.82 Å². The van der Waals surface area contributed by atoms with Crippen LogP contribution >= 0.6 is 0 Å². The first-order valence-corrected chi connectivity index (χ1v) is 6.66. The number of aromatic nitrogens is 2. The van der Waals surface area contributed by atoms with Gasteiger partial charge in [0.05, 0.1) is 6.54 Å². The fourth-order valence-electron chi connectivity index (χ4n) is 2.61. The Labute approximate surface area is 109 Å². The summed E-state index contributed by atoms with van der Waals surface area (Å²) in [7, 11) is 0. The van der Waals surface area contributed by atoms with E-state index in [9.17, 15) is 0 Å². The molecular formula is C13H24N4O. The van der Waals surface area contributed by atoms with Crippen LogP contribution in [0.5, 0.6) is 0 Å². The zero-order valence-corrected chi connectivity index (χ0v) is 12.0. The standard InChI is InChI=1S/C13H24N4O/c1-9(2)11-6-14-13(4,5)8-17(11)7-12-15-10(3)18-16-12/h9,11,14H,6-8H2,1-5H3. The van der Waals surface area contributed by atoms with Crippen molar-refractivity contribution in [3.8, 4) is 0 Å². The van der Waals surface area contributed by atoms with Crippen LogP contribution in [0.1, 0.15) is 39.4 Å². The Hall–Kier alpha value is -0.940. The van der Waals surface area contributed by atoms with Gasteiger partial charge in [-0.3, -0.25) is 4.90 Å². The van der Waals surface area contributed by atoms with Crippen LogP contribution in [-0.4, -0.2) is 39.7 Å². The Morgan fingerprint density at radius 1 is 1.50 bits per heavy atom. The minimum atomic E-state index is 0.143. The molecule has 0 spiro atoms. The topological polar surface area (TPSA) is 54.2 Å². The van der Waals surface area contributed by atoms with Gasteiger partial charge < -0.3 is 9.84 Å². The van der Waals surface area contributed by atoms with Gasteiger partial charge in [-0.1, -0.05) is 19.0 Å². The summed E-state index contributed by atoms with van der Waals surface area (Å²) in [6.45, 7) is 13.6.